The molecule has 2 aliphatic carbocycles. The molecule has 2 aromatic rings. The Labute approximate surface area is 213 Å². The molecule has 7 nitrogen and oxygen atoms in total. The number of fused-ring (bicyclic) bond motifs is 1. The minimum absolute atomic E-state index is 0.00416. The summed E-state index contributed by atoms with van der Waals surface area (Å²) in [7, 11) is 0. The fraction of sp³-hybridized carbons (Fsp3) is 0.517. The number of nitrogens with one attached hydrogen (secondary N) is 2. The van der Waals surface area contributed by atoms with E-state index in [1.54, 1.807) is 18.2 Å². The van der Waals surface area contributed by atoms with Crippen molar-refractivity contribution in [2.45, 2.75) is 76.3 Å². The van der Waals surface area contributed by atoms with Crippen molar-refractivity contribution in [3.05, 3.63) is 53.6 Å². The largest absolute Gasteiger partial charge is 0.454 e. The highest BCUT2D eigenvalue weighted by Crippen LogP contribution is 2.35. The van der Waals surface area contributed by atoms with Crippen LogP contribution in [0.1, 0.15) is 73.7 Å². The summed E-state index contributed by atoms with van der Waals surface area (Å²) in [6.07, 6.45) is 10.9. The summed E-state index contributed by atoms with van der Waals surface area (Å²) >= 11 is 0. The van der Waals surface area contributed by atoms with Gasteiger partial charge < -0.3 is 25.8 Å². The zero-order chi connectivity index (χ0) is 24.9. The molecule has 36 heavy (non-hydrogen) atoms. The molecule has 0 bridgehead atoms. The monoisotopic (exact) mass is 491 g/mol. The maximum atomic E-state index is 12.9. The summed E-state index contributed by atoms with van der Waals surface area (Å²) in [4.78, 5) is 25.7. The number of carbonyl (C=O) groups is 2. The number of nitrogens with two attached hydrogens (primary N) is 1. The van der Waals surface area contributed by atoms with Crippen LogP contribution in [0.2, 0.25) is 0 Å². The molecule has 0 saturated heterocycles. The molecule has 0 spiro atoms. The first-order chi connectivity index (χ1) is 17.5. The Morgan fingerprint density at radius 3 is 2.33 bits per heavy atom. The molecule has 0 unspecified atom stereocenters. The molecule has 7 heteroatoms. The zero-order valence-corrected chi connectivity index (χ0v) is 20.8. The van der Waals surface area contributed by atoms with Gasteiger partial charge in [-0.2, -0.15) is 0 Å². The Morgan fingerprint density at radius 1 is 0.861 bits per heavy atom. The molecule has 0 aromatic heterocycles. The molecule has 0 atom stereocenters. The fourth-order valence-corrected chi connectivity index (χ4v) is 5.92. The van der Waals surface area contributed by atoms with Gasteiger partial charge in [0, 0.05) is 23.3 Å². The van der Waals surface area contributed by atoms with E-state index in [0.717, 1.165) is 30.2 Å². The summed E-state index contributed by atoms with van der Waals surface area (Å²) in [5.74, 6) is 2.57. The van der Waals surface area contributed by atoms with Gasteiger partial charge in [0.05, 0.1) is 6.42 Å². The van der Waals surface area contributed by atoms with Crippen LogP contribution in [0.25, 0.3) is 0 Å². The first-order valence-electron chi connectivity index (χ1n) is 13.4. The summed E-state index contributed by atoms with van der Waals surface area (Å²) in [6, 6.07) is 13.2. The van der Waals surface area contributed by atoms with Crippen LogP contribution >= 0.6 is 0 Å². The molecule has 2 fully saturated rings. The van der Waals surface area contributed by atoms with Gasteiger partial charge >= 0.3 is 0 Å². The summed E-state index contributed by atoms with van der Waals surface area (Å²) in [5.41, 5.74) is 7.98. The second kappa shape index (κ2) is 11.3. The molecule has 192 valence electrons. The standard InChI is InChI=1S/C29H37N3O4/c30-23-10-5-19(6-11-23)15-20-7-12-24(13-8-20)31-28(33)17-21-3-1-2-4-25(21)32-29(34)22-9-14-26-27(16-22)36-18-35-26/h1-4,9,14,16,19-20,23-24H,5-8,10-13,15,17-18,30H2,(H,31,33)(H,32,34). The van der Waals surface area contributed by atoms with Gasteiger partial charge in [-0.1, -0.05) is 18.2 Å². The van der Waals surface area contributed by atoms with Crippen LogP contribution in [-0.4, -0.2) is 30.7 Å². The van der Waals surface area contributed by atoms with Crippen LogP contribution in [0.3, 0.4) is 0 Å². The van der Waals surface area contributed by atoms with Gasteiger partial charge in [-0.15, -0.1) is 0 Å². The molecule has 2 saturated carbocycles. The first kappa shape index (κ1) is 24.6. The molecule has 0 radical (unpaired) electrons. The topological polar surface area (TPSA) is 103 Å². The van der Waals surface area contributed by atoms with E-state index < -0.39 is 0 Å². The van der Waals surface area contributed by atoms with E-state index in [1.807, 2.05) is 24.3 Å². The van der Waals surface area contributed by atoms with E-state index in [4.69, 9.17) is 15.2 Å². The molecule has 3 aliphatic rings. The van der Waals surface area contributed by atoms with Gasteiger partial charge in [-0.3, -0.25) is 9.59 Å². The smallest absolute Gasteiger partial charge is 0.255 e. The van der Waals surface area contributed by atoms with E-state index in [9.17, 15) is 9.59 Å². The molecule has 2 aromatic carbocycles. The van der Waals surface area contributed by atoms with Crippen molar-refractivity contribution < 1.29 is 19.1 Å². The van der Waals surface area contributed by atoms with E-state index in [2.05, 4.69) is 10.6 Å². The van der Waals surface area contributed by atoms with Gasteiger partial charge in [0.1, 0.15) is 0 Å². The highest BCUT2D eigenvalue weighted by Gasteiger charge is 2.27. The lowest BCUT2D eigenvalue weighted by Crippen LogP contribution is -2.39. The third-order valence-electron chi connectivity index (χ3n) is 8.02. The van der Waals surface area contributed by atoms with Crippen molar-refractivity contribution in [1.29, 1.82) is 0 Å². The second-order valence-electron chi connectivity index (χ2n) is 10.7. The van der Waals surface area contributed by atoms with Gasteiger partial charge in [0.2, 0.25) is 12.7 Å². The number of benzene rings is 2. The van der Waals surface area contributed by atoms with Crippen LogP contribution < -0.4 is 25.8 Å². The average molecular weight is 492 g/mol. The van der Waals surface area contributed by atoms with Crippen molar-refractivity contribution in [1.82, 2.24) is 5.32 Å². The minimum atomic E-state index is -0.251. The SMILES string of the molecule is NC1CCC(CC2CCC(NC(=O)Cc3ccccc3NC(=O)c3ccc4c(c3)OCO4)CC2)CC1. The number of para-hydroxylation sites is 1. The Morgan fingerprint density at radius 2 is 1.56 bits per heavy atom. The summed E-state index contributed by atoms with van der Waals surface area (Å²) < 4.78 is 10.7. The highest BCUT2D eigenvalue weighted by molar-refractivity contribution is 6.05. The molecular formula is C29H37N3O4. The van der Waals surface area contributed by atoms with Crippen LogP contribution in [0, 0.1) is 11.8 Å². The zero-order valence-electron chi connectivity index (χ0n) is 20.8. The van der Waals surface area contributed by atoms with Crippen LogP contribution in [-0.2, 0) is 11.2 Å². The van der Waals surface area contributed by atoms with Gasteiger partial charge in [0.25, 0.3) is 5.91 Å². The van der Waals surface area contributed by atoms with E-state index in [1.165, 1.54) is 44.9 Å². The first-order valence-corrected chi connectivity index (χ1v) is 13.4. The van der Waals surface area contributed by atoms with Crippen LogP contribution in [0.15, 0.2) is 42.5 Å². The summed E-state index contributed by atoms with van der Waals surface area (Å²) in [6.45, 7) is 0.162. The normalized spacial score (nSPS) is 25.2. The maximum Gasteiger partial charge on any atom is 0.255 e. The Balaban J connectivity index is 1.10. The number of ether oxygens (including phenoxy) is 2. The molecule has 1 aliphatic heterocycles. The number of anilines is 1. The lowest BCUT2D eigenvalue weighted by atomic mass is 9.76. The third-order valence-corrected chi connectivity index (χ3v) is 8.02. The number of hydrogen-bond acceptors (Lipinski definition) is 5. The maximum absolute atomic E-state index is 12.9. The molecule has 2 amide bonds. The lowest BCUT2D eigenvalue weighted by Gasteiger charge is -2.33. The van der Waals surface area contributed by atoms with E-state index in [-0.39, 0.29) is 31.1 Å². The van der Waals surface area contributed by atoms with Crippen molar-refractivity contribution in [2.75, 3.05) is 12.1 Å². The number of amides is 2. The van der Waals surface area contributed by atoms with Gasteiger partial charge in [-0.25, -0.2) is 0 Å². The van der Waals surface area contributed by atoms with E-state index >= 15 is 0 Å². The fourth-order valence-electron chi connectivity index (χ4n) is 5.92. The second-order valence-corrected chi connectivity index (χ2v) is 10.7. The minimum Gasteiger partial charge on any atom is -0.454 e. The van der Waals surface area contributed by atoms with Crippen molar-refractivity contribution in [2.24, 2.45) is 17.6 Å². The van der Waals surface area contributed by atoms with Crippen molar-refractivity contribution in [3.8, 4) is 11.5 Å². The predicted octanol–water partition coefficient (Wildman–Crippen LogP) is 4.79. The number of rotatable bonds is 7. The number of hydrogen-bond donors (Lipinski definition) is 3. The molecule has 5 rings (SSSR count). The Bertz CT molecular complexity index is 1070. The average Bonchev–Trinajstić information content (AvgIpc) is 3.36. The van der Waals surface area contributed by atoms with Gasteiger partial charge in [-0.05, 0) is 99.5 Å². The Hall–Kier alpha value is -3.06. The van der Waals surface area contributed by atoms with E-state index in [0.29, 0.717) is 28.8 Å². The quantitative estimate of drug-likeness (QED) is 0.517. The lowest BCUT2D eigenvalue weighted by molar-refractivity contribution is -0.121. The van der Waals surface area contributed by atoms with Gasteiger partial charge in [0.15, 0.2) is 11.5 Å². The van der Waals surface area contributed by atoms with Crippen molar-refractivity contribution >= 4 is 17.5 Å². The van der Waals surface area contributed by atoms with Crippen LogP contribution in [0.5, 0.6) is 11.5 Å². The predicted molar refractivity (Wildman–Crippen MR) is 139 cm³/mol. The molecular weight excluding hydrogens is 454 g/mol. The molecule has 1 heterocycles. The molecule has 4 N–H and O–H groups in total. The Kier molecular flexibility index (Phi) is 7.75. The van der Waals surface area contributed by atoms with Crippen molar-refractivity contribution in [3.63, 3.8) is 0 Å². The highest BCUT2D eigenvalue weighted by atomic mass is 16.7. The number of carbonyl (C=O) groups excluding carboxylic acids is 2. The summed E-state index contributed by atoms with van der Waals surface area (Å²) in [5, 5.41) is 6.19. The van der Waals surface area contributed by atoms with Crippen LogP contribution in [0.4, 0.5) is 5.69 Å². The third kappa shape index (κ3) is 6.19.